The fourth-order valence-electron chi connectivity index (χ4n) is 1.95. The van der Waals surface area contributed by atoms with Crippen LogP contribution in [0.4, 0.5) is 0 Å². The zero-order valence-electron chi connectivity index (χ0n) is 14.1. The summed E-state index contributed by atoms with van der Waals surface area (Å²) in [5.74, 6) is 0.829. The molecule has 0 aliphatic rings. The zero-order valence-corrected chi connectivity index (χ0v) is 14.9. The predicted molar refractivity (Wildman–Crippen MR) is 92.0 cm³/mol. The van der Waals surface area contributed by atoms with Crippen molar-refractivity contribution in [3.05, 3.63) is 15.6 Å². The van der Waals surface area contributed by atoms with Crippen molar-refractivity contribution in [3.8, 4) is 0 Å². The van der Waals surface area contributed by atoms with E-state index in [1.165, 1.54) is 4.88 Å². The normalized spacial score (nSPS) is 11.7. The fraction of sp³-hybridized carbons (Fsp3) is 0.733. The van der Waals surface area contributed by atoms with Crippen molar-refractivity contribution in [2.24, 2.45) is 4.99 Å². The summed E-state index contributed by atoms with van der Waals surface area (Å²) in [5, 5.41) is 7.73. The van der Waals surface area contributed by atoms with Crippen molar-refractivity contribution in [1.82, 2.24) is 15.6 Å². The molecule has 0 saturated heterocycles. The van der Waals surface area contributed by atoms with Gasteiger partial charge in [0.05, 0.1) is 23.9 Å². The second-order valence-corrected chi connectivity index (χ2v) is 6.16. The van der Waals surface area contributed by atoms with E-state index in [1.807, 2.05) is 6.92 Å². The molecule has 0 aliphatic heterocycles. The van der Waals surface area contributed by atoms with Gasteiger partial charge in [-0.25, -0.2) is 4.98 Å². The molecular weight excluding hydrogens is 300 g/mol. The lowest BCUT2D eigenvalue weighted by molar-refractivity contribution is 0.0698. The van der Waals surface area contributed by atoms with Crippen LogP contribution in [-0.2, 0) is 15.9 Å². The Morgan fingerprint density at radius 2 is 1.95 bits per heavy atom. The van der Waals surface area contributed by atoms with Crippen molar-refractivity contribution in [3.63, 3.8) is 0 Å². The Kier molecular flexibility index (Phi) is 9.77. The number of methoxy groups -OCH3 is 1. The van der Waals surface area contributed by atoms with Crippen molar-refractivity contribution >= 4 is 17.3 Å². The van der Waals surface area contributed by atoms with E-state index in [0.29, 0.717) is 13.2 Å². The fourth-order valence-corrected chi connectivity index (χ4v) is 2.88. The molecular formula is C15H28N4O2S. The van der Waals surface area contributed by atoms with E-state index in [-0.39, 0.29) is 0 Å². The topological polar surface area (TPSA) is 67.8 Å². The van der Waals surface area contributed by atoms with Crippen LogP contribution in [0.15, 0.2) is 4.99 Å². The maximum Gasteiger partial charge on any atom is 0.190 e. The van der Waals surface area contributed by atoms with Crippen LogP contribution >= 0.6 is 11.3 Å². The highest BCUT2D eigenvalue weighted by Gasteiger charge is 2.04. The number of aryl methyl sites for hydroxylation is 2. The van der Waals surface area contributed by atoms with E-state index in [0.717, 1.165) is 49.2 Å². The third kappa shape index (κ3) is 7.72. The number of rotatable bonds is 10. The van der Waals surface area contributed by atoms with Gasteiger partial charge < -0.3 is 20.1 Å². The minimum absolute atomic E-state index is 0.646. The van der Waals surface area contributed by atoms with E-state index < -0.39 is 0 Å². The molecule has 0 spiro atoms. The first-order valence-electron chi connectivity index (χ1n) is 7.61. The number of guanidine groups is 1. The molecule has 1 rings (SSSR count). The molecule has 1 aromatic heterocycles. The summed E-state index contributed by atoms with van der Waals surface area (Å²) in [6.07, 6.45) is 1.91. The molecule has 22 heavy (non-hydrogen) atoms. The first-order chi connectivity index (χ1) is 10.7. The second kappa shape index (κ2) is 11.4. The van der Waals surface area contributed by atoms with E-state index in [1.54, 1.807) is 25.5 Å². The summed E-state index contributed by atoms with van der Waals surface area (Å²) >= 11 is 1.77. The second-order valence-electron chi connectivity index (χ2n) is 4.88. The minimum Gasteiger partial charge on any atom is -0.382 e. The van der Waals surface area contributed by atoms with E-state index >= 15 is 0 Å². The molecule has 1 heterocycles. The van der Waals surface area contributed by atoms with E-state index in [9.17, 15) is 0 Å². The first-order valence-corrected chi connectivity index (χ1v) is 8.43. The summed E-state index contributed by atoms with van der Waals surface area (Å²) in [5.41, 5.74) is 1.14. The van der Waals surface area contributed by atoms with Gasteiger partial charge in [-0.3, -0.25) is 4.99 Å². The van der Waals surface area contributed by atoms with Gasteiger partial charge in [-0.1, -0.05) is 0 Å². The smallest absolute Gasteiger partial charge is 0.190 e. The Labute approximate surface area is 137 Å². The number of thiazole rings is 1. The number of ether oxygens (including phenoxy) is 2. The largest absolute Gasteiger partial charge is 0.382 e. The number of nitrogens with zero attached hydrogens (tertiary/aromatic N) is 2. The van der Waals surface area contributed by atoms with Gasteiger partial charge in [0.25, 0.3) is 0 Å². The van der Waals surface area contributed by atoms with E-state index in [4.69, 9.17) is 9.47 Å². The zero-order chi connectivity index (χ0) is 16.2. The summed E-state index contributed by atoms with van der Waals surface area (Å²) in [6.45, 7) is 7.83. The molecule has 0 fully saturated rings. The van der Waals surface area contributed by atoms with Crippen LogP contribution in [0.3, 0.4) is 0 Å². The molecule has 0 atom stereocenters. The van der Waals surface area contributed by atoms with Crippen LogP contribution in [0.25, 0.3) is 0 Å². The molecule has 0 bridgehead atoms. The Balaban J connectivity index is 2.11. The van der Waals surface area contributed by atoms with Crippen LogP contribution in [0, 0.1) is 13.8 Å². The molecule has 126 valence electrons. The monoisotopic (exact) mass is 328 g/mol. The van der Waals surface area contributed by atoms with Gasteiger partial charge in [0.1, 0.15) is 0 Å². The van der Waals surface area contributed by atoms with Gasteiger partial charge in [0.15, 0.2) is 5.96 Å². The van der Waals surface area contributed by atoms with Crippen molar-refractivity contribution in [1.29, 1.82) is 0 Å². The predicted octanol–water partition coefficient (Wildman–Crippen LogP) is 1.52. The minimum atomic E-state index is 0.646. The highest BCUT2D eigenvalue weighted by molar-refractivity contribution is 7.11. The Hall–Kier alpha value is -1.18. The van der Waals surface area contributed by atoms with Crippen molar-refractivity contribution in [2.45, 2.75) is 26.7 Å². The average molecular weight is 328 g/mol. The van der Waals surface area contributed by atoms with Crippen LogP contribution in [0.1, 0.15) is 22.0 Å². The van der Waals surface area contributed by atoms with Crippen LogP contribution in [0.2, 0.25) is 0 Å². The molecule has 0 radical (unpaired) electrons. The lowest BCUT2D eigenvalue weighted by Gasteiger charge is -2.11. The number of aliphatic imine (C=N–C) groups is 1. The molecule has 0 saturated carbocycles. The number of hydrogen-bond acceptors (Lipinski definition) is 5. The van der Waals surface area contributed by atoms with Gasteiger partial charge in [0, 0.05) is 45.2 Å². The van der Waals surface area contributed by atoms with E-state index in [2.05, 4.69) is 27.5 Å². The maximum absolute atomic E-state index is 5.41. The Morgan fingerprint density at radius 1 is 1.18 bits per heavy atom. The molecule has 0 aromatic carbocycles. The molecule has 0 aliphatic carbocycles. The number of nitrogens with one attached hydrogen (secondary N) is 2. The van der Waals surface area contributed by atoms with Gasteiger partial charge >= 0.3 is 0 Å². The van der Waals surface area contributed by atoms with Crippen LogP contribution in [0.5, 0.6) is 0 Å². The third-order valence-electron chi connectivity index (χ3n) is 3.06. The molecule has 7 heteroatoms. The SMILES string of the molecule is CN=C(NCCCOCCOC)NCCc1sc(C)nc1C. The molecule has 1 aromatic rings. The van der Waals surface area contributed by atoms with Crippen molar-refractivity contribution < 1.29 is 9.47 Å². The molecule has 0 amide bonds. The van der Waals surface area contributed by atoms with Gasteiger partial charge in [-0.15, -0.1) is 11.3 Å². The maximum atomic E-state index is 5.41. The summed E-state index contributed by atoms with van der Waals surface area (Å²) in [4.78, 5) is 10.00. The lowest BCUT2D eigenvalue weighted by Crippen LogP contribution is -2.39. The summed E-state index contributed by atoms with van der Waals surface area (Å²) in [6, 6.07) is 0. The third-order valence-corrected chi connectivity index (χ3v) is 4.19. The summed E-state index contributed by atoms with van der Waals surface area (Å²) < 4.78 is 10.3. The number of aromatic nitrogens is 1. The van der Waals surface area contributed by atoms with Crippen molar-refractivity contribution in [2.75, 3.05) is 47.1 Å². The lowest BCUT2D eigenvalue weighted by atomic mass is 10.3. The molecule has 0 unspecified atom stereocenters. The quantitative estimate of drug-likeness (QED) is 0.387. The average Bonchev–Trinajstić information content (AvgIpc) is 2.82. The Bertz CT molecular complexity index is 449. The van der Waals surface area contributed by atoms with Crippen LogP contribution in [-0.4, -0.2) is 58.0 Å². The highest BCUT2D eigenvalue weighted by Crippen LogP contribution is 2.16. The highest BCUT2D eigenvalue weighted by atomic mass is 32.1. The number of hydrogen-bond donors (Lipinski definition) is 2. The van der Waals surface area contributed by atoms with Gasteiger partial charge in [-0.2, -0.15) is 0 Å². The molecule has 2 N–H and O–H groups in total. The molecule has 6 nitrogen and oxygen atoms in total. The first kappa shape index (κ1) is 18.9. The van der Waals surface area contributed by atoms with Gasteiger partial charge in [0.2, 0.25) is 0 Å². The summed E-state index contributed by atoms with van der Waals surface area (Å²) in [7, 11) is 3.46. The Morgan fingerprint density at radius 3 is 2.59 bits per heavy atom. The van der Waals surface area contributed by atoms with Gasteiger partial charge in [-0.05, 0) is 20.3 Å². The van der Waals surface area contributed by atoms with Crippen LogP contribution < -0.4 is 10.6 Å². The standard InChI is InChI=1S/C15H28N4O2S/c1-12-14(22-13(2)19-12)6-8-18-15(16-3)17-7-5-9-21-11-10-20-4/h5-11H2,1-4H3,(H2,16,17,18).